The number of nitrogens with zero attached hydrogens (tertiary/aromatic N) is 1. The standard InChI is InChI=1S/C20H21NO2/c1-4-19(2,3)20(23)16-12-8-9-13-17(16)21(18(20)22)14-15-10-6-5-7-11-15/h4-13,23H,1,14H2,2-3H3/t20-/m1/s1. The molecule has 0 aliphatic carbocycles. The fourth-order valence-corrected chi connectivity index (χ4v) is 3.13. The lowest BCUT2D eigenvalue weighted by Crippen LogP contribution is -2.49. The second-order valence-corrected chi connectivity index (χ2v) is 6.53. The van der Waals surface area contributed by atoms with E-state index in [1.54, 1.807) is 11.0 Å². The summed E-state index contributed by atoms with van der Waals surface area (Å²) in [4.78, 5) is 14.8. The first-order valence-corrected chi connectivity index (χ1v) is 7.73. The van der Waals surface area contributed by atoms with Gasteiger partial charge in [-0.15, -0.1) is 6.58 Å². The number of hydrogen-bond donors (Lipinski definition) is 1. The molecule has 1 aliphatic heterocycles. The summed E-state index contributed by atoms with van der Waals surface area (Å²) in [6.45, 7) is 7.91. The zero-order chi connectivity index (χ0) is 16.7. The van der Waals surface area contributed by atoms with Crippen molar-refractivity contribution in [2.45, 2.75) is 26.0 Å². The molecule has 3 rings (SSSR count). The minimum Gasteiger partial charge on any atom is -0.375 e. The number of carbonyl (C=O) groups is 1. The maximum absolute atomic E-state index is 13.1. The van der Waals surface area contributed by atoms with Crippen molar-refractivity contribution in [1.29, 1.82) is 0 Å². The normalized spacial score (nSPS) is 20.5. The summed E-state index contributed by atoms with van der Waals surface area (Å²) < 4.78 is 0. The van der Waals surface area contributed by atoms with Gasteiger partial charge in [-0.1, -0.05) is 68.5 Å². The number of amides is 1. The highest BCUT2D eigenvalue weighted by atomic mass is 16.3. The van der Waals surface area contributed by atoms with Crippen molar-refractivity contribution >= 4 is 11.6 Å². The lowest BCUT2D eigenvalue weighted by molar-refractivity contribution is -0.146. The van der Waals surface area contributed by atoms with E-state index in [1.165, 1.54) is 0 Å². The van der Waals surface area contributed by atoms with E-state index >= 15 is 0 Å². The quantitative estimate of drug-likeness (QED) is 0.876. The highest BCUT2D eigenvalue weighted by Gasteiger charge is 2.57. The Kier molecular flexibility index (Phi) is 3.61. The number of aliphatic hydroxyl groups is 1. The van der Waals surface area contributed by atoms with Crippen LogP contribution in [-0.2, 0) is 16.9 Å². The first kappa shape index (κ1) is 15.5. The summed E-state index contributed by atoms with van der Waals surface area (Å²) >= 11 is 0. The van der Waals surface area contributed by atoms with E-state index in [9.17, 15) is 9.90 Å². The molecule has 23 heavy (non-hydrogen) atoms. The molecular formula is C20H21NO2. The van der Waals surface area contributed by atoms with Crippen molar-refractivity contribution in [2.75, 3.05) is 4.90 Å². The van der Waals surface area contributed by atoms with Gasteiger partial charge in [-0.25, -0.2) is 0 Å². The summed E-state index contributed by atoms with van der Waals surface area (Å²) in [6, 6.07) is 17.2. The van der Waals surface area contributed by atoms with Crippen LogP contribution in [0, 0.1) is 5.41 Å². The number of hydrogen-bond acceptors (Lipinski definition) is 2. The van der Waals surface area contributed by atoms with Gasteiger partial charge in [-0.2, -0.15) is 0 Å². The lowest BCUT2D eigenvalue weighted by atomic mass is 9.71. The number of carbonyl (C=O) groups excluding carboxylic acids is 1. The molecule has 118 valence electrons. The van der Waals surface area contributed by atoms with Crippen LogP contribution in [0.3, 0.4) is 0 Å². The predicted octanol–water partition coefficient (Wildman–Crippen LogP) is 3.63. The molecule has 1 atom stereocenters. The van der Waals surface area contributed by atoms with Gasteiger partial charge in [0.15, 0.2) is 5.60 Å². The Balaban J connectivity index is 2.11. The number of para-hydroxylation sites is 1. The first-order chi connectivity index (χ1) is 10.9. The number of benzene rings is 2. The van der Waals surface area contributed by atoms with Crippen LogP contribution in [0.1, 0.15) is 25.0 Å². The van der Waals surface area contributed by atoms with Gasteiger partial charge in [-0.3, -0.25) is 4.79 Å². The summed E-state index contributed by atoms with van der Waals surface area (Å²) in [6.07, 6.45) is 1.65. The van der Waals surface area contributed by atoms with Crippen LogP contribution >= 0.6 is 0 Å². The van der Waals surface area contributed by atoms with E-state index in [-0.39, 0.29) is 5.91 Å². The Morgan fingerprint density at radius 2 is 1.74 bits per heavy atom. The van der Waals surface area contributed by atoms with Crippen molar-refractivity contribution in [2.24, 2.45) is 5.41 Å². The van der Waals surface area contributed by atoms with Crippen molar-refractivity contribution in [3.8, 4) is 0 Å². The van der Waals surface area contributed by atoms with Crippen molar-refractivity contribution < 1.29 is 9.90 Å². The third-order valence-electron chi connectivity index (χ3n) is 4.77. The maximum Gasteiger partial charge on any atom is 0.264 e. The molecule has 2 aromatic carbocycles. The molecule has 0 aromatic heterocycles. The molecule has 1 aliphatic rings. The fourth-order valence-electron chi connectivity index (χ4n) is 3.13. The van der Waals surface area contributed by atoms with Crippen LogP contribution in [0.15, 0.2) is 67.3 Å². The third kappa shape index (κ3) is 2.20. The van der Waals surface area contributed by atoms with Gasteiger partial charge in [0, 0.05) is 11.0 Å². The Bertz CT molecular complexity index is 751. The largest absolute Gasteiger partial charge is 0.375 e. The summed E-state index contributed by atoms with van der Waals surface area (Å²) in [7, 11) is 0. The molecule has 0 spiro atoms. The number of rotatable bonds is 4. The van der Waals surface area contributed by atoms with Gasteiger partial charge in [-0.05, 0) is 11.6 Å². The molecule has 0 bridgehead atoms. The van der Waals surface area contributed by atoms with Crippen LogP contribution in [0.5, 0.6) is 0 Å². The minimum absolute atomic E-state index is 0.299. The van der Waals surface area contributed by atoms with Crippen LogP contribution in [0.4, 0.5) is 5.69 Å². The van der Waals surface area contributed by atoms with Crippen LogP contribution in [0.2, 0.25) is 0 Å². The van der Waals surface area contributed by atoms with Crippen molar-refractivity contribution in [3.63, 3.8) is 0 Å². The highest BCUT2D eigenvalue weighted by molar-refractivity contribution is 6.07. The molecule has 1 amide bonds. The Labute approximate surface area is 136 Å². The molecule has 0 saturated carbocycles. The van der Waals surface area contributed by atoms with Gasteiger partial charge in [0.25, 0.3) is 5.91 Å². The van der Waals surface area contributed by atoms with Gasteiger partial charge in [0.1, 0.15) is 0 Å². The van der Waals surface area contributed by atoms with Gasteiger partial charge >= 0.3 is 0 Å². The van der Waals surface area contributed by atoms with Gasteiger partial charge in [0.05, 0.1) is 12.2 Å². The van der Waals surface area contributed by atoms with E-state index in [4.69, 9.17) is 0 Å². The van der Waals surface area contributed by atoms with Crippen LogP contribution in [-0.4, -0.2) is 11.0 Å². The molecule has 0 unspecified atom stereocenters. The molecule has 0 radical (unpaired) electrons. The number of anilines is 1. The van der Waals surface area contributed by atoms with Crippen LogP contribution in [0.25, 0.3) is 0 Å². The summed E-state index contributed by atoms with van der Waals surface area (Å²) in [5.41, 5.74) is 0.0621. The second kappa shape index (κ2) is 5.36. The van der Waals surface area contributed by atoms with Gasteiger partial charge in [0.2, 0.25) is 0 Å². The summed E-state index contributed by atoms with van der Waals surface area (Å²) in [5, 5.41) is 11.3. The third-order valence-corrected chi connectivity index (χ3v) is 4.77. The monoisotopic (exact) mass is 307 g/mol. The number of fused-ring (bicyclic) bond motifs is 1. The second-order valence-electron chi connectivity index (χ2n) is 6.53. The fraction of sp³-hybridized carbons (Fsp3) is 0.250. The van der Waals surface area contributed by atoms with E-state index in [0.717, 1.165) is 11.3 Å². The average Bonchev–Trinajstić information content (AvgIpc) is 2.79. The topological polar surface area (TPSA) is 40.5 Å². The lowest BCUT2D eigenvalue weighted by Gasteiger charge is -2.36. The minimum atomic E-state index is -1.60. The van der Waals surface area contributed by atoms with Crippen molar-refractivity contribution in [3.05, 3.63) is 78.4 Å². The van der Waals surface area contributed by atoms with Crippen LogP contribution < -0.4 is 4.90 Å². The van der Waals surface area contributed by atoms with E-state index in [1.807, 2.05) is 68.4 Å². The Morgan fingerprint density at radius 1 is 1.13 bits per heavy atom. The van der Waals surface area contributed by atoms with E-state index in [2.05, 4.69) is 6.58 Å². The molecule has 3 heteroatoms. The zero-order valence-corrected chi connectivity index (χ0v) is 13.5. The predicted molar refractivity (Wildman–Crippen MR) is 91.9 cm³/mol. The zero-order valence-electron chi connectivity index (χ0n) is 13.5. The molecule has 1 N–H and O–H groups in total. The smallest absolute Gasteiger partial charge is 0.264 e. The Morgan fingerprint density at radius 3 is 2.39 bits per heavy atom. The van der Waals surface area contributed by atoms with E-state index < -0.39 is 11.0 Å². The first-order valence-electron chi connectivity index (χ1n) is 7.73. The Hall–Kier alpha value is -2.39. The van der Waals surface area contributed by atoms with Crippen molar-refractivity contribution in [1.82, 2.24) is 0 Å². The molecule has 3 nitrogen and oxygen atoms in total. The molecule has 2 aromatic rings. The SMILES string of the molecule is C=CC(C)(C)[C@]1(O)C(=O)N(Cc2ccccc2)c2ccccc21. The highest BCUT2D eigenvalue weighted by Crippen LogP contribution is 2.50. The average molecular weight is 307 g/mol. The van der Waals surface area contributed by atoms with E-state index in [0.29, 0.717) is 12.1 Å². The molecule has 0 fully saturated rings. The molecule has 0 saturated heterocycles. The summed E-state index contributed by atoms with van der Waals surface area (Å²) in [5.74, 6) is -0.299. The molecular weight excluding hydrogens is 286 g/mol. The molecule has 1 heterocycles. The maximum atomic E-state index is 13.1. The van der Waals surface area contributed by atoms with Gasteiger partial charge < -0.3 is 10.0 Å².